The van der Waals surface area contributed by atoms with E-state index in [9.17, 15) is 0 Å². The molecule has 1 fully saturated rings. The Morgan fingerprint density at radius 2 is 2.10 bits per heavy atom. The molecule has 0 amide bonds. The number of anilines is 2. The molecule has 156 valence electrons. The second-order valence-corrected chi connectivity index (χ2v) is 8.51. The first-order valence-electron chi connectivity index (χ1n) is 9.95. The Morgan fingerprint density at radius 1 is 1.23 bits per heavy atom. The van der Waals surface area contributed by atoms with Gasteiger partial charge < -0.3 is 20.1 Å². The highest BCUT2D eigenvalue weighted by molar-refractivity contribution is 6.33. The van der Waals surface area contributed by atoms with Gasteiger partial charge in [-0.2, -0.15) is 4.98 Å². The maximum absolute atomic E-state index is 6.46. The largest absolute Gasteiger partial charge is 0.365 e. The van der Waals surface area contributed by atoms with E-state index in [-0.39, 0.29) is 6.04 Å². The zero-order valence-corrected chi connectivity index (χ0v) is 17.9. The molecule has 3 aromatic rings. The number of halogens is 2. The lowest BCUT2D eigenvalue weighted by atomic mass is 10.00. The monoisotopic (exact) mass is 445 g/mol. The van der Waals surface area contributed by atoms with E-state index in [0.29, 0.717) is 33.4 Å². The average Bonchev–Trinajstić information content (AvgIpc) is 3.20. The standard InChI is InChI=1S/C20H21Cl2N7O/c1-11(14-7-13(21)2-3-15(14)22)29-5-4-24-20-17(29)8-16(26-27-20)19-25-18(30-28-19)6-12-9-23-10-12/h2-3,7-8,11-12,23H,4-6,9-10H2,1H3,(H,24,27)/t11-/m1/s1. The van der Waals surface area contributed by atoms with Crippen molar-refractivity contribution in [3.05, 3.63) is 45.8 Å². The summed E-state index contributed by atoms with van der Waals surface area (Å²) in [6.45, 7) is 5.62. The summed E-state index contributed by atoms with van der Waals surface area (Å²) in [5, 5.41) is 20.7. The van der Waals surface area contributed by atoms with Crippen LogP contribution in [0.25, 0.3) is 11.5 Å². The lowest BCUT2D eigenvalue weighted by Gasteiger charge is -2.36. The van der Waals surface area contributed by atoms with Crippen molar-refractivity contribution in [1.29, 1.82) is 0 Å². The van der Waals surface area contributed by atoms with Crippen molar-refractivity contribution in [2.45, 2.75) is 19.4 Å². The maximum atomic E-state index is 6.46. The van der Waals surface area contributed by atoms with Gasteiger partial charge in [-0.15, -0.1) is 10.2 Å². The van der Waals surface area contributed by atoms with E-state index in [2.05, 4.69) is 42.8 Å². The molecule has 0 unspecified atom stereocenters. The Morgan fingerprint density at radius 3 is 2.90 bits per heavy atom. The summed E-state index contributed by atoms with van der Waals surface area (Å²) >= 11 is 12.7. The van der Waals surface area contributed by atoms with Gasteiger partial charge in [0.15, 0.2) is 5.82 Å². The van der Waals surface area contributed by atoms with Crippen molar-refractivity contribution in [2.75, 3.05) is 36.4 Å². The third-order valence-electron chi connectivity index (χ3n) is 5.63. The molecule has 2 aromatic heterocycles. The SMILES string of the molecule is C[C@H](c1cc(Cl)ccc1Cl)N1CCNc2nnc(-c3noc(CC4CNC4)n3)cc21. The summed E-state index contributed by atoms with van der Waals surface area (Å²) in [6, 6.07) is 7.48. The minimum absolute atomic E-state index is 0.000968. The quantitative estimate of drug-likeness (QED) is 0.615. The summed E-state index contributed by atoms with van der Waals surface area (Å²) in [7, 11) is 0. The number of benzene rings is 1. The average molecular weight is 446 g/mol. The number of hydrogen-bond donors (Lipinski definition) is 2. The van der Waals surface area contributed by atoms with E-state index in [0.717, 1.165) is 49.7 Å². The fourth-order valence-electron chi connectivity index (χ4n) is 3.84. The van der Waals surface area contributed by atoms with E-state index < -0.39 is 0 Å². The topological polar surface area (TPSA) is 92.0 Å². The molecule has 5 rings (SSSR count). The normalized spacial score (nSPS) is 17.2. The predicted molar refractivity (Wildman–Crippen MR) is 116 cm³/mol. The zero-order chi connectivity index (χ0) is 20.7. The van der Waals surface area contributed by atoms with Crippen LogP contribution in [0.2, 0.25) is 10.0 Å². The van der Waals surface area contributed by atoms with Crippen molar-refractivity contribution in [3.8, 4) is 11.5 Å². The number of aromatic nitrogens is 4. The number of fused-ring (bicyclic) bond motifs is 1. The van der Waals surface area contributed by atoms with Crippen LogP contribution in [0.5, 0.6) is 0 Å². The van der Waals surface area contributed by atoms with Crippen molar-refractivity contribution in [3.63, 3.8) is 0 Å². The summed E-state index contributed by atoms with van der Waals surface area (Å²) in [4.78, 5) is 6.76. The molecule has 0 aliphatic carbocycles. The Kier molecular flexibility index (Phi) is 5.22. The highest BCUT2D eigenvalue weighted by Crippen LogP contribution is 2.38. The van der Waals surface area contributed by atoms with Crippen LogP contribution in [-0.4, -0.2) is 46.5 Å². The molecule has 4 heterocycles. The summed E-state index contributed by atoms with van der Waals surface area (Å²) < 4.78 is 5.42. The fourth-order valence-corrected chi connectivity index (χ4v) is 4.29. The molecule has 10 heteroatoms. The van der Waals surface area contributed by atoms with Gasteiger partial charge in [0.25, 0.3) is 0 Å². The Labute approximate surface area is 184 Å². The molecule has 1 aromatic carbocycles. The summed E-state index contributed by atoms with van der Waals surface area (Å²) in [5.74, 6) is 2.35. The molecule has 0 radical (unpaired) electrons. The number of nitrogens with zero attached hydrogens (tertiary/aromatic N) is 5. The van der Waals surface area contributed by atoms with E-state index in [1.807, 2.05) is 18.2 Å². The number of nitrogens with one attached hydrogen (secondary N) is 2. The van der Waals surface area contributed by atoms with Crippen LogP contribution < -0.4 is 15.5 Å². The lowest BCUT2D eigenvalue weighted by Crippen LogP contribution is -2.43. The Hall–Kier alpha value is -2.42. The van der Waals surface area contributed by atoms with Crippen LogP contribution in [0.4, 0.5) is 11.5 Å². The first-order valence-corrected chi connectivity index (χ1v) is 10.7. The molecule has 8 nitrogen and oxygen atoms in total. The van der Waals surface area contributed by atoms with Gasteiger partial charge in [-0.05, 0) is 55.8 Å². The van der Waals surface area contributed by atoms with Gasteiger partial charge in [0.2, 0.25) is 11.7 Å². The van der Waals surface area contributed by atoms with Crippen LogP contribution in [0, 0.1) is 5.92 Å². The highest BCUT2D eigenvalue weighted by atomic mass is 35.5. The molecule has 1 atom stereocenters. The van der Waals surface area contributed by atoms with Crippen LogP contribution in [0.1, 0.15) is 24.4 Å². The lowest BCUT2D eigenvalue weighted by molar-refractivity contribution is 0.296. The van der Waals surface area contributed by atoms with Crippen LogP contribution in [0.15, 0.2) is 28.8 Å². The van der Waals surface area contributed by atoms with Crippen molar-refractivity contribution < 1.29 is 4.52 Å². The van der Waals surface area contributed by atoms with Gasteiger partial charge in [-0.3, -0.25) is 0 Å². The highest BCUT2D eigenvalue weighted by Gasteiger charge is 2.27. The molecule has 0 saturated carbocycles. The second kappa shape index (κ2) is 8.02. The molecule has 2 N–H and O–H groups in total. The molecule has 2 aliphatic rings. The third kappa shape index (κ3) is 3.71. The molecular formula is C20H21Cl2N7O. The number of rotatable bonds is 5. The van der Waals surface area contributed by atoms with E-state index in [1.54, 1.807) is 6.07 Å². The smallest absolute Gasteiger partial charge is 0.227 e. The molecular weight excluding hydrogens is 425 g/mol. The Bertz CT molecular complexity index is 1070. The first kappa shape index (κ1) is 19.5. The van der Waals surface area contributed by atoms with Crippen molar-refractivity contribution in [2.24, 2.45) is 5.92 Å². The maximum Gasteiger partial charge on any atom is 0.227 e. The van der Waals surface area contributed by atoms with E-state index >= 15 is 0 Å². The summed E-state index contributed by atoms with van der Waals surface area (Å²) in [5.41, 5.74) is 2.46. The van der Waals surface area contributed by atoms with Crippen molar-refractivity contribution in [1.82, 2.24) is 25.7 Å². The van der Waals surface area contributed by atoms with Crippen LogP contribution >= 0.6 is 23.2 Å². The van der Waals surface area contributed by atoms with Crippen LogP contribution in [0.3, 0.4) is 0 Å². The van der Waals surface area contributed by atoms with Crippen LogP contribution in [-0.2, 0) is 6.42 Å². The molecule has 30 heavy (non-hydrogen) atoms. The second-order valence-electron chi connectivity index (χ2n) is 7.67. The van der Waals surface area contributed by atoms with Gasteiger partial charge in [-0.1, -0.05) is 28.4 Å². The first-order chi connectivity index (χ1) is 14.6. The molecule has 0 spiro atoms. The van der Waals surface area contributed by atoms with Gasteiger partial charge in [0.05, 0.1) is 11.7 Å². The summed E-state index contributed by atoms with van der Waals surface area (Å²) in [6.07, 6.45) is 0.774. The Balaban J connectivity index is 1.45. The van der Waals surface area contributed by atoms with Crippen molar-refractivity contribution >= 4 is 34.7 Å². The molecule has 2 aliphatic heterocycles. The minimum atomic E-state index is 0.000968. The fraction of sp³-hybridized carbons (Fsp3) is 0.400. The van der Waals surface area contributed by atoms with Gasteiger partial charge >= 0.3 is 0 Å². The minimum Gasteiger partial charge on any atom is -0.365 e. The van der Waals surface area contributed by atoms with Gasteiger partial charge in [-0.25, -0.2) is 0 Å². The molecule has 0 bridgehead atoms. The van der Waals surface area contributed by atoms with Gasteiger partial charge in [0.1, 0.15) is 5.69 Å². The zero-order valence-electron chi connectivity index (χ0n) is 16.4. The van der Waals surface area contributed by atoms with E-state index in [1.165, 1.54) is 0 Å². The number of hydrogen-bond acceptors (Lipinski definition) is 8. The predicted octanol–water partition coefficient (Wildman–Crippen LogP) is 3.59. The van der Waals surface area contributed by atoms with E-state index in [4.69, 9.17) is 27.7 Å². The molecule has 1 saturated heterocycles. The van der Waals surface area contributed by atoms with Gasteiger partial charge in [0, 0.05) is 29.6 Å². The third-order valence-corrected chi connectivity index (χ3v) is 6.21.